The highest BCUT2D eigenvalue weighted by atomic mass is 35.5. The summed E-state index contributed by atoms with van der Waals surface area (Å²) < 4.78 is 1.66. The van der Waals surface area contributed by atoms with Crippen LogP contribution in [0.2, 0.25) is 5.02 Å². The van der Waals surface area contributed by atoms with Gasteiger partial charge < -0.3 is 0 Å². The minimum atomic E-state index is 0.0469. The molecular weight excluding hydrogens is 380 g/mol. The van der Waals surface area contributed by atoms with Gasteiger partial charge in [0, 0.05) is 16.1 Å². The number of halogens is 1. The van der Waals surface area contributed by atoms with E-state index in [1.54, 1.807) is 4.52 Å². The minimum absolute atomic E-state index is 0.0469. The first-order valence-electron chi connectivity index (χ1n) is 8.31. The molecule has 0 radical (unpaired) electrons. The second-order valence-corrected chi connectivity index (χ2v) is 7.43. The topological polar surface area (TPSA) is 60.2 Å². The van der Waals surface area contributed by atoms with Gasteiger partial charge in [-0.1, -0.05) is 65.3 Å². The maximum Gasteiger partial charge on any atom is 0.212 e. The van der Waals surface area contributed by atoms with E-state index in [0.717, 1.165) is 16.8 Å². The maximum atomic E-state index is 12.4. The highest BCUT2D eigenvalue weighted by molar-refractivity contribution is 7.99. The fourth-order valence-electron chi connectivity index (χ4n) is 2.59. The van der Waals surface area contributed by atoms with E-state index in [-0.39, 0.29) is 11.5 Å². The Hall–Kier alpha value is -2.70. The zero-order chi connectivity index (χ0) is 18.8. The summed E-state index contributed by atoms with van der Waals surface area (Å²) in [6, 6.07) is 18.8. The summed E-state index contributed by atoms with van der Waals surface area (Å²) in [5.74, 6) is 0.321. The van der Waals surface area contributed by atoms with Crippen LogP contribution < -0.4 is 0 Å². The van der Waals surface area contributed by atoms with E-state index in [2.05, 4.69) is 15.3 Å². The second-order valence-electron chi connectivity index (χ2n) is 6.06. The van der Waals surface area contributed by atoms with Crippen molar-refractivity contribution in [3.05, 3.63) is 76.8 Å². The molecule has 0 saturated heterocycles. The Balaban J connectivity index is 1.56. The Labute approximate surface area is 165 Å². The third kappa shape index (κ3) is 3.86. The summed E-state index contributed by atoms with van der Waals surface area (Å²) in [6.45, 7) is 2.00. The monoisotopic (exact) mass is 394 g/mol. The van der Waals surface area contributed by atoms with E-state index in [0.29, 0.717) is 21.4 Å². The van der Waals surface area contributed by atoms with Gasteiger partial charge in [0.1, 0.15) is 0 Å². The van der Waals surface area contributed by atoms with Crippen LogP contribution in [0.15, 0.2) is 65.8 Å². The largest absolute Gasteiger partial charge is 0.293 e. The molecule has 2 aromatic carbocycles. The lowest BCUT2D eigenvalue weighted by molar-refractivity contribution is 0.102. The van der Waals surface area contributed by atoms with Gasteiger partial charge in [-0.05, 0) is 31.2 Å². The average molecular weight is 395 g/mol. The van der Waals surface area contributed by atoms with Crippen molar-refractivity contribution < 1.29 is 4.79 Å². The lowest BCUT2D eigenvalue weighted by Crippen LogP contribution is -2.04. The Morgan fingerprint density at radius 1 is 1.00 bits per heavy atom. The Morgan fingerprint density at radius 3 is 2.48 bits per heavy atom. The zero-order valence-corrected chi connectivity index (χ0v) is 16.0. The second kappa shape index (κ2) is 7.50. The van der Waals surface area contributed by atoms with E-state index >= 15 is 0 Å². The molecule has 0 aliphatic carbocycles. The average Bonchev–Trinajstić information content (AvgIpc) is 3.09. The first-order valence-corrected chi connectivity index (χ1v) is 9.67. The molecule has 4 rings (SSSR count). The summed E-state index contributed by atoms with van der Waals surface area (Å²) in [5.41, 5.74) is 4.18. The number of nitrogens with zero attached hydrogens (tertiary/aromatic N) is 4. The van der Waals surface area contributed by atoms with Crippen LogP contribution in [0.25, 0.3) is 16.9 Å². The van der Waals surface area contributed by atoms with Crippen molar-refractivity contribution in [2.45, 2.75) is 12.1 Å². The van der Waals surface area contributed by atoms with Crippen LogP contribution in [0.3, 0.4) is 0 Å². The molecular formula is C20H15ClN4OS. The molecule has 0 unspecified atom stereocenters. The van der Waals surface area contributed by atoms with Gasteiger partial charge in [0.2, 0.25) is 5.16 Å². The first kappa shape index (κ1) is 17.7. The highest BCUT2D eigenvalue weighted by Crippen LogP contribution is 2.22. The van der Waals surface area contributed by atoms with E-state index in [4.69, 9.17) is 11.6 Å². The predicted octanol–water partition coefficient (Wildman–Crippen LogP) is 4.73. The first-order chi connectivity index (χ1) is 13.1. The van der Waals surface area contributed by atoms with Crippen molar-refractivity contribution in [2.75, 3.05) is 5.75 Å². The molecule has 27 heavy (non-hydrogen) atoms. The summed E-state index contributed by atoms with van der Waals surface area (Å²) in [5, 5.41) is 14.2. The molecule has 0 amide bonds. The number of hydrogen-bond donors (Lipinski definition) is 0. The number of aromatic nitrogens is 4. The number of hydrogen-bond acceptors (Lipinski definition) is 5. The van der Waals surface area contributed by atoms with E-state index in [1.165, 1.54) is 11.8 Å². The number of Topliss-reactive ketones (excluding diaryl/α,β-unsaturated/α-hetero) is 1. The smallest absolute Gasteiger partial charge is 0.212 e. The molecule has 0 spiro atoms. The number of thioether (sulfide) groups is 1. The quantitative estimate of drug-likeness (QED) is 0.362. The third-order valence-corrected chi connectivity index (χ3v) is 5.25. The van der Waals surface area contributed by atoms with Crippen molar-refractivity contribution in [1.29, 1.82) is 0 Å². The van der Waals surface area contributed by atoms with Crippen LogP contribution in [0, 0.1) is 6.92 Å². The molecule has 5 nitrogen and oxygen atoms in total. The lowest BCUT2D eigenvalue weighted by Gasteiger charge is -2.04. The van der Waals surface area contributed by atoms with Crippen LogP contribution in [-0.2, 0) is 0 Å². The summed E-state index contributed by atoms with van der Waals surface area (Å²) >= 11 is 7.28. The van der Waals surface area contributed by atoms with Crippen LogP contribution >= 0.6 is 23.4 Å². The minimum Gasteiger partial charge on any atom is -0.293 e. The molecule has 0 fully saturated rings. The number of carbonyl (C=O) groups is 1. The fraction of sp³-hybridized carbons (Fsp3) is 0.100. The number of rotatable bonds is 5. The number of carbonyl (C=O) groups excluding carboxylic acids is 1. The van der Waals surface area contributed by atoms with E-state index < -0.39 is 0 Å². The number of fused-ring (bicyclic) bond motifs is 1. The van der Waals surface area contributed by atoms with Gasteiger partial charge in [0.15, 0.2) is 11.4 Å². The van der Waals surface area contributed by atoms with Gasteiger partial charge in [-0.25, -0.2) is 0 Å². The summed E-state index contributed by atoms with van der Waals surface area (Å²) in [6.07, 6.45) is 0. The van der Waals surface area contributed by atoms with Crippen molar-refractivity contribution in [1.82, 2.24) is 19.8 Å². The molecule has 0 bridgehead atoms. The van der Waals surface area contributed by atoms with Gasteiger partial charge in [-0.3, -0.25) is 4.79 Å². The molecule has 0 aliphatic heterocycles. The van der Waals surface area contributed by atoms with Crippen molar-refractivity contribution in [3.8, 4) is 11.3 Å². The highest BCUT2D eigenvalue weighted by Gasteiger charge is 2.13. The van der Waals surface area contributed by atoms with Gasteiger partial charge in [0.25, 0.3) is 0 Å². The summed E-state index contributed by atoms with van der Waals surface area (Å²) in [7, 11) is 0. The normalized spacial score (nSPS) is 11.0. The van der Waals surface area contributed by atoms with Crippen molar-refractivity contribution in [2.24, 2.45) is 0 Å². The molecule has 0 saturated carbocycles. The van der Waals surface area contributed by atoms with Crippen LogP contribution in [0.1, 0.15) is 15.9 Å². The molecule has 4 aromatic rings. The Morgan fingerprint density at radius 2 is 1.74 bits per heavy atom. The summed E-state index contributed by atoms with van der Waals surface area (Å²) in [4.78, 5) is 12.4. The molecule has 0 atom stereocenters. The molecule has 7 heteroatoms. The van der Waals surface area contributed by atoms with Crippen LogP contribution in [-0.4, -0.2) is 31.3 Å². The molecule has 2 heterocycles. The number of aryl methyl sites for hydroxylation is 1. The van der Waals surface area contributed by atoms with Crippen molar-refractivity contribution >= 4 is 34.8 Å². The standard InChI is InChI=1S/C20H15ClN4OS/c1-13-2-4-15(5-3-13)18(26)12-27-20-23-22-19-11-10-17(24-25(19)20)14-6-8-16(21)9-7-14/h2-11H,12H2,1H3. The SMILES string of the molecule is Cc1ccc(C(=O)CSc2nnc3ccc(-c4ccc(Cl)cc4)nn23)cc1. The lowest BCUT2D eigenvalue weighted by atomic mass is 10.1. The van der Waals surface area contributed by atoms with Gasteiger partial charge >= 0.3 is 0 Å². The number of benzene rings is 2. The molecule has 0 N–H and O–H groups in total. The van der Waals surface area contributed by atoms with E-state index in [9.17, 15) is 4.79 Å². The van der Waals surface area contributed by atoms with Gasteiger partial charge in [-0.15, -0.1) is 10.2 Å². The van der Waals surface area contributed by atoms with Gasteiger partial charge in [0.05, 0.1) is 11.4 Å². The Bertz CT molecular complexity index is 1110. The zero-order valence-electron chi connectivity index (χ0n) is 14.5. The van der Waals surface area contributed by atoms with Crippen LogP contribution in [0.5, 0.6) is 0 Å². The maximum absolute atomic E-state index is 12.4. The predicted molar refractivity (Wildman–Crippen MR) is 107 cm³/mol. The van der Waals surface area contributed by atoms with Crippen molar-refractivity contribution in [3.63, 3.8) is 0 Å². The number of ketones is 1. The van der Waals surface area contributed by atoms with Crippen LogP contribution in [0.4, 0.5) is 0 Å². The molecule has 2 aromatic heterocycles. The third-order valence-electron chi connectivity index (χ3n) is 4.08. The molecule has 0 aliphatic rings. The van der Waals surface area contributed by atoms with E-state index in [1.807, 2.05) is 67.6 Å². The Kier molecular flexibility index (Phi) is 4.92. The molecule has 134 valence electrons. The van der Waals surface area contributed by atoms with Gasteiger partial charge in [-0.2, -0.15) is 9.61 Å². The fourth-order valence-corrected chi connectivity index (χ4v) is 3.49.